The van der Waals surface area contributed by atoms with Crippen molar-refractivity contribution < 1.29 is 0 Å². The second-order valence-corrected chi connectivity index (χ2v) is 8.32. The fraction of sp³-hybridized carbons (Fsp3) is 0.391. The molecule has 0 N–H and O–H groups in total. The predicted molar refractivity (Wildman–Crippen MR) is 104 cm³/mol. The fourth-order valence-electron chi connectivity index (χ4n) is 2.61. The average molecular weight is 332 g/mol. The number of aryl methyl sites for hydroxylation is 1. The Morgan fingerprint density at radius 3 is 1.60 bits per heavy atom. The Balaban J connectivity index is 0.000000251. The summed E-state index contributed by atoms with van der Waals surface area (Å²) < 4.78 is 0. The van der Waals surface area contributed by atoms with Gasteiger partial charge in [-0.1, -0.05) is 77.4 Å². The number of rotatable bonds is 0. The summed E-state index contributed by atoms with van der Waals surface area (Å²) in [6.07, 6.45) is 0. The van der Waals surface area contributed by atoms with Crippen LogP contribution in [-0.4, -0.2) is 0 Å². The van der Waals surface area contributed by atoms with Crippen LogP contribution in [0.1, 0.15) is 69.4 Å². The molecule has 0 bridgehead atoms. The van der Waals surface area contributed by atoms with Crippen molar-refractivity contribution in [2.45, 2.75) is 59.3 Å². The van der Waals surface area contributed by atoms with Gasteiger partial charge < -0.3 is 0 Å². The van der Waals surface area contributed by atoms with Crippen LogP contribution in [0, 0.1) is 29.6 Å². The van der Waals surface area contributed by atoms with Gasteiger partial charge in [0.15, 0.2) is 0 Å². The SMILES string of the molecule is CC(C)(C)c1ccccc1C#N.Cc1ccc(C#N)c(C(C)(C)C)c1. The molecular formula is C23H28N2. The molecule has 0 aromatic heterocycles. The van der Waals surface area contributed by atoms with Crippen LogP contribution in [0.25, 0.3) is 0 Å². The summed E-state index contributed by atoms with van der Waals surface area (Å²) in [5.74, 6) is 0. The van der Waals surface area contributed by atoms with Crippen molar-refractivity contribution in [2.75, 3.05) is 0 Å². The van der Waals surface area contributed by atoms with Crippen LogP contribution in [0.4, 0.5) is 0 Å². The first-order valence-corrected chi connectivity index (χ1v) is 8.51. The van der Waals surface area contributed by atoms with E-state index in [-0.39, 0.29) is 10.8 Å². The van der Waals surface area contributed by atoms with Crippen molar-refractivity contribution in [3.8, 4) is 12.1 Å². The van der Waals surface area contributed by atoms with Crippen LogP contribution in [0.5, 0.6) is 0 Å². The number of benzene rings is 2. The molecule has 0 amide bonds. The standard InChI is InChI=1S/C12H15N.C11H13N/c1-9-5-6-10(8-13)11(7-9)12(2,3)4;1-11(2,3)10-7-5-4-6-9(10)8-12/h5-7H,1-4H3;4-7H,1-3H3. The van der Waals surface area contributed by atoms with E-state index in [9.17, 15) is 0 Å². The zero-order chi connectivity index (χ0) is 19.3. The lowest BCUT2D eigenvalue weighted by Crippen LogP contribution is -2.13. The van der Waals surface area contributed by atoms with Crippen molar-refractivity contribution in [1.82, 2.24) is 0 Å². The molecule has 2 nitrogen and oxygen atoms in total. The van der Waals surface area contributed by atoms with Crippen molar-refractivity contribution in [1.29, 1.82) is 10.5 Å². The average Bonchev–Trinajstić information content (AvgIpc) is 2.53. The Labute approximate surface area is 152 Å². The van der Waals surface area contributed by atoms with E-state index in [0.717, 1.165) is 22.3 Å². The van der Waals surface area contributed by atoms with Crippen LogP contribution in [0.3, 0.4) is 0 Å². The second-order valence-electron chi connectivity index (χ2n) is 8.32. The lowest BCUT2D eigenvalue weighted by Gasteiger charge is -2.20. The Kier molecular flexibility index (Phi) is 6.55. The number of hydrogen-bond donors (Lipinski definition) is 0. The van der Waals surface area contributed by atoms with E-state index in [1.807, 2.05) is 36.4 Å². The quantitative estimate of drug-likeness (QED) is 0.592. The molecule has 0 saturated carbocycles. The van der Waals surface area contributed by atoms with Gasteiger partial charge in [0.1, 0.15) is 0 Å². The predicted octanol–water partition coefficient (Wildman–Crippen LogP) is 6.02. The van der Waals surface area contributed by atoms with Gasteiger partial charge in [0.2, 0.25) is 0 Å². The van der Waals surface area contributed by atoms with Crippen molar-refractivity contribution in [3.05, 3.63) is 70.3 Å². The molecule has 0 spiro atoms. The summed E-state index contributed by atoms with van der Waals surface area (Å²) in [4.78, 5) is 0. The Hall–Kier alpha value is -2.58. The lowest BCUT2D eigenvalue weighted by molar-refractivity contribution is 0.588. The van der Waals surface area contributed by atoms with E-state index in [2.05, 4.69) is 66.7 Å². The van der Waals surface area contributed by atoms with E-state index in [1.165, 1.54) is 5.56 Å². The third-order valence-corrected chi connectivity index (χ3v) is 3.96. The molecule has 0 heterocycles. The van der Waals surface area contributed by atoms with Gasteiger partial charge >= 0.3 is 0 Å². The third-order valence-electron chi connectivity index (χ3n) is 3.96. The topological polar surface area (TPSA) is 47.6 Å². The Morgan fingerprint density at radius 2 is 1.16 bits per heavy atom. The molecule has 0 fully saturated rings. The first-order chi connectivity index (χ1) is 11.5. The highest BCUT2D eigenvalue weighted by Gasteiger charge is 2.18. The summed E-state index contributed by atoms with van der Waals surface area (Å²) in [5.41, 5.74) is 5.15. The van der Waals surface area contributed by atoms with Crippen molar-refractivity contribution in [3.63, 3.8) is 0 Å². The summed E-state index contributed by atoms with van der Waals surface area (Å²) in [7, 11) is 0. The molecule has 25 heavy (non-hydrogen) atoms. The van der Waals surface area contributed by atoms with Gasteiger partial charge in [-0.15, -0.1) is 0 Å². The highest BCUT2D eigenvalue weighted by atomic mass is 14.3. The smallest absolute Gasteiger partial charge is 0.0994 e. The molecule has 130 valence electrons. The largest absolute Gasteiger partial charge is 0.192 e. The van der Waals surface area contributed by atoms with Crippen molar-refractivity contribution in [2.24, 2.45) is 0 Å². The molecule has 0 aliphatic heterocycles. The zero-order valence-corrected chi connectivity index (χ0v) is 16.4. The summed E-state index contributed by atoms with van der Waals surface area (Å²) in [6.45, 7) is 14.8. The van der Waals surface area contributed by atoms with E-state index in [4.69, 9.17) is 10.5 Å². The molecule has 0 unspecified atom stereocenters. The van der Waals surface area contributed by atoms with Gasteiger partial charge in [-0.3, -0.25) is 0 Å². The van der Waals surface area contributed by atoms with Crippen LogP contribution < -0.4 is 0 Å². The Bertz CT molecular complexity index is 804. The van der Waals surface area contributed by atoms with E-state index >= 15 is 0 Å². The number of hydrogen-bond acceptors (Lipinski definition) is 2. The maximum Gasteiger partial charge on any atom is 0.0994 e. The van der Waals surface area contributed by atoms with Gasteiger partial charge in [0.05, 0.1) is 23.3 Å². The molecule has 2 heteroatoms. The molecule has 0 aliphatic carbocycles. The normalized spacial score (nSPS) is 10.9. The minimum Gasteiger partial charge on any atom is -0.192 e. The van der Waals surface area contributed by atoms with E-state index < -0.39 is 0 Å². The van der Waals surface area contributed by atoms with Crippen LogP contribution in [0.15, 0.2) is 42.5 Å². The summed E-state index contributed by atoms with van der Waals surface area (Å²) in [6, 6.07) is 18.2. The Morgan fingerprint density at radius 1 is 0.680 bits per heavy atom. The highest BCUT2D eigenvalue weighted by Crippen LogP contribution is 2.26. The van der Waals surface area contributed by atoms with Gasteiger partial charge in [0.25, 0.3) is 0 Å². The monoisotopic (exact) mass is 332 g/mol. The molecule has 0 radical (unpaired) electrons. The van der Waals surface area contributed by atoms with Crippen molar-refractivity contribution >= 4 is 0 Å². The molecule has 0 atom stereocenters. The van der Waals surface area contributed by atoms with Crippen LogP contribution in [-0.2, 0) is 10.8 Å². The molecule has 2 aromatic rings. The number of nitrogens with zero attached hydrogens (tertiary/aromatic N) is 2. The molecular weight excluding hydrogens is 304 g/mol. The van der Waals surface area contributed by atoms with Gasteiger partial charge in [-0.25, -0.2) is 0 Å². The third kappa shape index (κ3) is 5.77. The van der Waals surface area contributed by atoms with Gasteiger partial charge in [0, 0.05) is 0 Å². The minimum atomic E-state index is 0.0527. The molecule has 0 saturated heterocycles. The fourth-order valence-corrected chi connectivity index (χ4v) is 2.61. The first kappa shape index (κ1) is 20.5. The van der Waals surface area contributed by atoms with E-state index in [0.29, 0.717) is 0 Å². The minimum absolute atomic E-state index is 0.0527. The van der Waals surface area contributed by atoms with E-state index in [1.54, 1.807) is 0 Å². The van der Waals surface area contributed by atoms with Crippen LogP contribution in [0.2, 0.25) is 0 Å². The van der Waals surface area contributed by atoms with Gasteiger partial charge in [-0.05, 0) is 41.0 Å². The number of nitriles is 2. The maximum absolute atomic E-state index is 8.92. The van der Waals surface area contributed by atoms with Gasteiger partial charge in [-0.2, -0.15) is 10.5 Å². The maximum atomic E-state index is 8.92. The van der Waals surface area contributed by atoms with Crippen LogP contribution >= 0.6 is 0 Å². The summed E-state index contributed by atoms with van der Waals surface area (Å²) in [5, 5.41) is 17.8. The summed E-state index contributed by atoms with van der Waals surface area (Å²) >= 11 is 0. The molecule has 0 aliphatic rings. The second kappa shape index (κ2) is 8.00. The zero-order valence-electron chi connectivity index (χ0n) is 16.4. The first-order valence-electron chi connectivity index (χ1n) is 8.51. The molecule has 2 aromatic carbocycles. The lowest BCUT2D eigenvalue weighted by atomic mass is 9.83. The highest BCUT2D eigenvalue weighted by molar-refractivity contribution is 5.43. The molecule has 2 rings (SSSR count).